The highest BCUT2D eigenvalue weighted by Crippen LogP contribution is 2.22. The van der Waals surface area contributed by atoms with E-state index < -0.39 is 0 Å². The zero-order chi connectivity index (χ0) is 14.9. The SMILES string of the molecule is Cc1ccc(C(C)NC2=NC(N)=NC(C)N2S)cc1Cl. The second-order valence-corrected chi connectivity index (χ2v) is 5.61. The van der Waals surface area contributed by atoms with Crippen LogP contribution in [0.5, 0.6) is 0 Å². The van der Waals surface area contributed by atoms with E-state index in [2.05, 4.69) is 28.1 Å². The van der Waals surface area contributed by atoms with Crippen molar-refractivity contribution in [2.75, 3.05) is 0 Å². The van der Waals surface area contributed by atoms with Crippen LogP contribution in [0.1, 0.15) is 31.0 Å². The zero-order valence-electron chi connectivity index (χ0n) is 11.6. The Morgan fingerprint density at radius 2 is 2.20 bits per heavy atom. The number of aryl methyl sites for hydroxylation is 1. The molecule has 0 aliphatic carbocycles. The number of halogens is 1. The highest BCUT2D eigenvalue weighted by molar-refractivity contribution is 7.78. The number of nitrogens with two attached hydrogens (primary N) is 1. The van der Waals surface area contributed by atoms with Crippen LogP contribution in [-0.4, -0.2) is 22.4 Å². The van der Waals surface area contributed by atoms with Crippen LogP contribution in [0.15, 0.2) is 28.2 Å². The molecule has 0 radical (unpaired) electrons. The minimum atomic E-state index is -0.160. The van der Waals surface area contributed by atoms with Crippen LogP contribution in [0, 0.1) is 6.92 Å². The van der Waals surface area contributed by atoms with E-state index in [0.717, 1.165) is 16.1 Å². The number of nitrogens with one attached hydrogen (secondary N) is 1. The molecule has 0 fully saturated rings. The lowest BCUT2D eigenvalue weighted by molar-refractivity contribution is 0.496. The average molecular weight is 312 g/mol. The molecule has 1 aliphatic rings. The summed E-state index contributed by atoms with van der Waals surface area (Å²) in [7, 11) is 0. The van der Waals surface area contributed by atoms with Gasteiger partial charge in [-0.25, -0.2) is 4.99 Å². The summed E-state index contributed by atoms with van der Waals surface area (Å²) in [5.74, 6) is 0.831. The normalized spacial score (nSPS) is 20.2. The molecular weight excluding hydrogens is 294 g/mol. The Kier molecular flexibility index (Phi) is 4.45. The molecule has 7 heteroatoms. The Morgan fingerprint density at radius 1 is 1.50 bits per heavy atom. The maximum absolute atomic E-state index is 6.15. The number of nitrogens with zero attached hydrogens (tertiary/aromatic N) is 3. The maximum atomic E-state index is 6.15. The van der Waals surface area contributed by atoms with Gasteiger partial charge in [0.1, 0.15) is 6.17 Å². The monoisotopic (exact) mass is 311 g/mol. The molecule has 2 unspecified atom stereocenters. The molecule has 0 amide bonds. The van der Waals surface area contributed by atoms with E-state index in [1.807, 2.05) is 39.0 Å². The van der Waals surface area contributed by atoms with Gasteiger partial charge in [0.25, 0.3) is 0 Å². The summed E-state index contributed by atoms with van der Waals surface area (Å²) in [5.41, 5.74) is 7.80. The van der Waals surface area contributed by atoms with Crippen LogP contribution in [0.25, 0.3) is 0 Å². The molecule has 108 valence electrons. The van der Waals surface area contributed by atoms with Crippen LogP contribution >= 0.6 is 24.4 Å². The summed E-state index contributed by atoms with van der Waals surface area (Å²) in [4.78, 5) is 8.28. The first-order chi connectivity index (χ1) is 9.38. The Balaban J connectivity index is 2.17. The molecule has 1 aromatic carbocycles. The number of hydrogen-bond donors (Lipinski definition) is 3. The van der Waals surface area contributed by atoms with Gasteiger partial charge in [0.05, 0.1) is 6.04 Å². The van der Waals surface area contributed by atoms with E-state index >= 15 is 0 Å². The van der Waals surface area contributed by atoms with E-state index in [9.17, 15) is 0 Å². The van der Waals surface area contributed by atoms with Gasteiger partial charge in [-0.2, -0.15) is 4.99 Å². The van der Waals surface area contributed by atoms with E-state index in [1.165, 1.54) is 0 Å². The second-order valence-electron chi connectivity index (χ2n) is 4.77. The fourth-order valence-corrected chi connectivity index (χ4v) is 2.21. The number of aliphatic imine (C=N–C) groups is 2. The molecule has 0 saturated heterocycles. The quantitative estimate of drug-likeness (QED) is 0.735. The molecule has 2 atom stereocenters. The summed E-state index contributed by atoms with van der Waals surface area (Å²) in [5, 5.41) is 4.02. The van der Waals surface area contributed by atoms with Crippen molar-refractivity contribution in [3.05, 3.63) is 34.3 Å². The molecule has 3 N–H and O–H groups in total. The van der Waals surface area contributed by atoms with E-state index in [1.54, 1.807) is 4.31 Å². The molecule has 0 aromatic heterocycles. The first kappa shape index (κ1) is 15.0. The molecule has 0 spiro atoms. The van der Waals surface area contributed by atoms with Gasteiger partial charge < -0.3 is 11.1 Å². The van der Waals surface area contributed by atoms with Gasteiger partial charge >= 0.3 is 0 Å². The van der Waals surface area contributed by atoms with E-state index in [0.29, 0.717) is 5.96 Å². The molecule has 1 heterocycles. The molecule has 2 rings (SSSR count). The van der Waals surface area contributed by atoms with Crippen molar-refractivity contribution in [2.45, 2.75) is 33.0 Å². The minimum Gasteiger partial charge on any atom is -0.368 e. The van der Waals surface area contributed by atoms with Crippen molar-refractivity contribution in [1.29, 1.82) is 0 Å². The van der Waals surface area contributed by atoms with Crippen molar-refractivity contribution < 1.29 is 0 Å². The lowest BCUT2D eigenvalue weighted by Gasteiger charge is -2.29. The Bertz CT molecular complexity index is 572. The van der Waals surface area contributed by atoms with E-state index in [-0.39, 0.29) is 18.2 Å². The standard InChI is InChI=1S/C13H18ClN5S/c1-7-4-5-10(6-11(7)14)8(2)16-13-18-12(15)17-9(3)19(13)20/h4-6,8-9,20H,1-3H3,(H3,15,16,17,18). The third-order valence-electron chi connectivity index (χ3n) is 3.15. The van der Waals surface area contributed by atoms with Crippen LogP contribution in [-0.2, 0) is 0 Å². The first-order valence-electron chi connectivity index (χ1n) is 6.31. The van der Waals surface area contributed by atoms with Gasteiger partial charge in [-0.1, -0.05) is 36.5 Å². The summed E-state index contributed by atoms with van der Waals surface area (Å²) < 4.78 is 1.64. The first-order valence-corrected chi connectivity index (χ1v) is 7.09. The Morgan fingerprint density at radius 3 is 2.85 bits per heavy atom. The van der Waals surface area contributed by atoms with Crippen LogP contribution in [0.4, 0.5) is 0 Å². The van der Waals surface area contributed by atoms with Crippen molar-refractivity contribution in [3.8, 4) is 0 Å². The summed E-state index contributed by atoms with van der Waals surface area (Å²) in [6.07, 6.45) is -0.160. The summed E-state index contributed by atoms with van der Waals surface area (Å²) >= 11 is 10.5. The topological polar surface area (TPSA) is 66.0 Å². The second kappa shape index (κ2) is 5.93. The molecule has 0 saturated carbocycles. The molecule has 5 nitrogen and oxygen atoms in total. The molecular formula is C13H18ClN5S. The van der Waals surface area contributed by atoms with Gasteiger partial charge in [0.15, 0.2) is 0 Å². The smallest absolute Gasteiger partial charge is 0.220 e. The summed E-state index contributed by atoms with van der Waals surface area (Å²) in [6.45, 7) is 5.89. The molecule has 1 aromatic rings. The lowest BCUT2D eigenvalue weighted by Crippen LogP contribution is -2.45. The number of benzene rings is 1. The van der Waals surface area contributed by atoms with Crippen molar-refractivity contribution in [3.63, 3.8) is 0 Å². The molecule has 0 bridgehead atoms. The fraction of sp³-hybridized carbons (Fsp3) is 0.385. The zero-order valence-corrected chi connectivity index (χ0v) is 13.3. The van der Waals surface area contributed by atoms with Crippen LogP contribution in [0.2, 0.25) is 5.02 Å². The van der Waals surface area contributed by atoms with Gasteiger partial charge in [0.2, 0.25) is 11.9 Å². The minimum absolute atomic E-state index is 0.0274. The summed E-state index contributed by atoms with van der Waals surface area (Å²) in [6, 6.07) is 6.00. The van der Waals surface area contributed by atoms with Crippen molar-refractivity contribution in [2.24, 2.45) is 15.7 Å². The average Bonchev–Trinajstić information content (AvgIpc) is 2.38. The van der Waals surface area contributed by atoms with Gasteiger partial charge in [0, 0.05) is 5.02 Å². The third-order valence-corrected chi connectivity index (χ3v) is 4.08. The number of thiol groups is 1. The number of rotatable bonds is 2. The fourth-order valence-electron chi connectivity index (χ4n) is 1.87. The number of guanidine groups is 2. The third kappa shape index (κ3) is 3.19. The number of hydrogen-bond acceptors (Lipinski definition) is 6. The van der Waals surface area contributed by atoms with Crippen molar-refractivity contribution >= 4 is 36.3 Å². The highest BCUT2D eigenvalue weighted by Gasteiger charge is 2.21. The largest absolute Gasteiger partial charge is 0.368 e. The van der Waals surface area contributed by atoms with Gasteiger partial charge in [-0.05, 0) is 38.0 Å². The highest BCUT2D eigenvalue weighted by atomic mass is 35.5. The Hall–Kier alpha value is -1.40. The predicted molar refractivity (Wildman–Crippen MR) is 87.1 cm³/mol. The van der Waals surface area contributed by atoms with Crippen LogP contribution in [0.3, 0.4) is 0 Å². The van der Waals surface area contributed by atoms with Crippen LogP contribution < -0.4 is 11.1 Å². The molecule has 20 heavy (non-hydrogen) atoms. The maximum Gasteiger partial charge on any atom is 0.220 e. The lowest BCUT2D eigenvalue weighted by atomic mass is 10.1. The van der Waals surface area contributed by atoms with Gasteiger partial charge in [-0.15, -0.1) is 0 Å². The molecule has 1 aliphatic heterocycles. The predicted octanol–water partition coefficient (Wildman–Crippen LogP) is 2.48. The van der Waals surface area contributed by atoms with Crippen molar-refractivity contribution in [1.82, 2.24) is 9.62 Å². The van der Waals surface area contributed by atoms with Gasteiger partial charge in [-0.3, -0.25) is 4.31 Å². The Labute approximate surface area is 129 Å². The van der Waals surface area contributed by atoms with E-state index in [4.69, 9.17) is 17.3 Å².